The molecule has 0 aliphatic heterocycles. The molecule has 1 aromatic carbocycles. The first-order valence-electron chi connectivity index (χ1n) is 5.71. The van der Waals surface area contributed by atoms with E-state index in [1.165, 1.54) is 30.6 Å². The summed E-state index contributed by atoms with van der Waals surface area (Å²) in [6.45, 7) is 2.26. The second kappa shape index (κ2) is 5.90. The molecular formula is C13H12FN3O2. The summed E-state index contributed by atoms with van der Waals surface area (Å²) in [5, 5.41) is 2.54. The molecule has 0 aliphatic carbocycles. The SMILES string of the molecule is CCOc1cc(C(=O)Nc2cccc(F)c2)ncn1. The van der Waals surface area contributed by atoms with Gasteiger partial charge in [-0.25, -0.2) is 14.4 Å². The van der Waals surface area contributed by atoms with Gasteiger partial charge in [0.05, 0.1) is 6.61 Å². The van der Waals surface area contributed by atoms with Crippen LogP contribution in [0.2, 0.25) is 0 Å². The van der Waals surface area contributed by atoms with Crippen LogP contribution in [0.3, 0.4) is 0 Å². The first-order chi connectivity index (χ1) is 9.19. The first kappa shape index (κ1) is 12.9. The summed E-state index contributed by atoms with van der Waals surface area (Å²) >= 11 is 0. The number of aromatic nitrogens is 2. The zero-order valence-electron chi connectivity index (χ0n) is 10.3. The number of ether oxygens (including phenoxy) is 1. The van der Waals surface area contributed by atoms with Gasteiger partial charge in [-0.15, -0.1) is 0 Å². The highest BCUT2D eigenvalue weighted by Gasteiger charge is 2.09. The lowest BCUT2D eigenvalue weighted by atomic mass is 10.3. The minimum Gasteiger partial charge on any atom is -0.478 e. The number of hydrogen-bond acceptors (Lipinski definition) is 4. The molecule has 0 saturated heterocycles. The Labute approximate surface area is 109 Å². The third-order valence-corrected chi connectivity index (χ3v) is 2.25. The molecule has 0 atom stereocenters. The number of carbonyl (C=O) groups is 1. The van der Waals surface area contributed by atoms with Crippen molar-refractivity contribution in [3.8, 4) is 5.88 Å². The molecule has 1 heterocycles. The molecule has 0 spiro atoms. The zero-order chi connectivity index (χ0) is 13.7. The van der Waals surface area contributed by atoms with E-state index in [-0.39, 0.29) is 5.69 Å². The quantitative estimate of drug-likeness (QED) is 0.917. The fourth-order valence-corrected chi connectivity index (χ4v) is 1.45. The Kier molecular flexibility index (Phi) is 4.02. The van der Waals surface area contributed by atoms with E-state index < -0.39 is 11.7 Å². The molecule has 0 aliphatic rings. The molecule has 19 heavy (non-hydrogen) atoms. The van der Waals surface area contributed by atoms with E-state index >= 15 is 0 Å². The predicted molar refractivity (Wildman–Crippen MR) is 67.6 cm³/mol. The molecule has 2 rings (SSSR count). The van der Waals surface area contributed by atoms with E-state index in [9.17, 15) is 9.18 Å². The maximum atomic E-state index is 13.0. The third kappa shape index (κ3) is 3.48. The highest BCUT2D eigenvalue weighted by molar-refractivity contribution is 6.02. The van der Waals surface area contributed by atoms with Crippen LogP contribution in [0.4, 0.5) is 10.1 Å². The zero-order valence-corrected chi connectivity index (χ0v) is 10.3. The Bertz CT molecular complexity index is 590. The largest absolute Gasteiger partial charge is 0.478 e. The van der Waals surface area contributed by atoms with Gasteiger partial charge >= 0.3 is 0 Å². The van der Waals surface area contributed by atoms with E-state index in [1.807, 2.05) is 6.92 Å². The normalized spacial score (nSPS) is 10.0. The van der Waals surface area contributed by atoms with E-state index in [2.05, 4.69) is 15.3 Å². The molecule has 2 aromatic rings. The van der Waals surface area contributed by atoms with Crippen molar-refractivity contribution in [2.75, 3.05) is 11.9 Å². The van der Waals surface area contributed by atoms with Gasteiger partial charge in [0.25, 0.3) is 5.91 Å². The summed E-state index contributed by atoms with van der Waals surface area (Å²) in [6.07, 6.45) is 1.24. The monoisotopic (exact) mass is 261 g/mol. The Morgan fingerprint density at radius 3 is 2.95 bits per heavy atom. The number of nitrogens with one attached hydrogen (secondary N) is 1. The van der Waals surface area contributed by atoms with E-state index in [0.29, 0.717) is 18.2 Å². The second-order valence-corrected chi connectivity index (χ2v) is 3.64. The third-order valence-electron chi connectivity index (χ3n) is 2.25. The Morgan fingerprint density at radius 2 is 2.21 bits per heavy atom. The molecule has 0 saturated carbocycles. The number of rotatable bonds is 4. The number of anilines is 1. The number of nitrogens with zero attached hydrogens (tertiary/aromatic N) is 2. The van der Waals surface area contributed by atoms with Crippen LogP contribution in [0.1, 0.15) is 17.4 Å². The van der Waals surface area contributed by atoms with Crippen molar-refractivity contribution in [2.24, 2.45) is 0 Å². The fourth-order valence-electron chi connectivity index (χ4n) is 1.45. The lowest BCUT2D eigenvalue weighted by molar-refractivity contribution is 0.102. The molecule has 1 amide bonds. The first-order valence-corrected chi connectivity index (χ1v) is 5.71. The van der Waals surface area contributed by atoms with Crippen molar-refractivity contribution in [2.45, 2.75) is 6.92 Å². The average molecular weight is 261 g/mol. The Balaban J connectivity index is 2.13. The Morgan fingerprint density at radius 1 is 1.37 bits per heavy atom. The molecule has 1 aromatic heterocycles. The molecule has 1 N–H and O–H groups in total. The summed E-state index contributed by atoms with van der Waals surface area (Å²) in [5.41, 5.74) is 0.518. The molecule has 0 radical (unpaired) electrons. The van der Waals surface area contributed by atoms with Crippen LogP contribution in [0.5, 0.6) is 5.88 Å². The van der Waals surface area contributed by atoms with Crippen molar-refractivity contribution in [3.63, 3.8) is 0 Å². The van der Waals surface area contributed by atoms with Gasteiger partial charge in [0.15, 0.2) is 0 Å². The van der Waals surface area contributed by atoms with Crippen molar-refractivity contribution in [3.05, 3.63) is 48.2 Å². The molecule has 0 unspecified atom stereocenters. The lowest BCUT2D eigenvalue weighted by Gasteiger charge is -2.06. The maximum absolute atomic E-state index is 13.0. The highest BCUT2D eigenvalue weighted by Crippen LogP contribution is 2.12. The van der Waals surface area contributed by atoms with Crippen LogP contribution in [0.25, 0.3) is 0 Å². The molecular weight excluding hydrogens is 249 g/mol. The average Bonchev–Trinajstić information content (AvgIpc) is 2.39. The van der Waals surface area contributed by atoms with Gasteiger partial charge in [-0.1, -0.05) is 6.07 Å². The number of amides is 1. The van der Waals surface area contributed by atoms with Crippen LogP contribution in [-0.2, 0) is 0 Å². The lowest BCUT2D eigenvalue weighted by Crippen LogP contribution is -2.14. The van der Waals surface area contributed by atoms with Gasteiger partial charge < -0.3 is 10.1 Å². The van der Waals surface area contributed by atoms with Crippen molar-refractivity contribution >= 4 is 11.6 Å². The second-order valence-electron chi connectivity index (χ2n) is 3.64. The van der Waals surface area contributed by atoms with Crippen molar-refractivity contribution in [1.82, 2.24) is 9.97 Å². The van der Waals surface area contributed by atoms with E-state index in [1.54, 1.807) is 6.07 Å². The van der Waals surface area contributed by atoms with Crippen LogP contribution in [0.15, 0.2) is 36.7 Å². The van der Waals surface area contributed by atoms with Gasteiger partial charge in [-0.3, -0.25) is 4.79 Å². The van der Waals surface area contributed by atoms with Crippen LogP contribution in [-0.4, -0.2) is 22.5 Å². The highest BCUT2D eigenvalue weighted by atomic mass is 19.1. The number of benzene rings is 1. The minimum atomic E-state index is -0.450. The maximum Gasteiger partial charge on any atom is 0.274 e. The molecule has 0 bridgehead atoms. The Hall–Kier alpha value is -2.50. The van der Waals surface area contributed by atoms with Crippen LogP contribution in [0, 0.1) is 5.82 Å². The summed E-state index contributed by atoms with van der Waals surface area (Å²) in [6, 6.07) is 7.05. The van der Waals surface area contributed by atoms with Crippen LogP contribution >= 0.6 is 0 Å². The smallest absolute Gasteiger partial charge is 0.274 e. The topological polar surface area (TPSA) is 64.1 Å². The number of halogens is 1. The fraction of sp³-hybridized carbons (Fsp3) is 0.154. The molecule has 0 fully saturated rings. The van der Waals surface area contributed by atoms with Crippen molar-refractivity contribution in [1.29, 1.82) is 0 Å². The molecule has 6 heteroatoms. The number of carbonyl (C=O) groups excluding carboxylic acids is 1. The van der Waals surface area contributed by atoms with Crippen molar-refractivity contribution < 1.29 is 13.9 Å². The van der Waals surface area contributed by atoms with E-state index in [0.717, 1.165) is 0 Å². The van der Waals surface area contributed by atoms with Gasteiger partial charge in [0.1, 0.15) is 17.8 Å². The standard InChI is InChI=1S/C13H12FN3O2/c1-2-19-12-7-11(15-8-16-12)13(18)17-10-5-3-4-9(14)6-10/h3-8H,2H2,1H3,(H,17,18). The summed E-state index contributed by atoms with van der Waals surface area (Å²) in [5.74, 6) is -0.550. The van der Waals surface area contributed by atoms with E-state index in [4.69, 9.17) is 4.74 Å². The van der Waals surface area contributed by atoms with Gasteiger partial charge in [0, 0.05) is 11.8 Å². The predicted octanol–water partition coefficient (Wildman–Crippen LogP) is 2.27. The van der Waals surface area contributed by atoms with Crippen LogP contribution < -0.4 is 10.1 Å². The van der Waals surface area contributed by atoms with Gasteiger partial charge in [0.2, 0.25) is 5.88 Å². The van der Waals surface area contributed by atoms with Gasteiger partial charge in [-0.2, -0.15) is 0 Å². The summed E-state index contributed by atoms with van der Waals surface area (Å²) in [4.78, 5) is 19.6. The number of hydrogen-bond donors (Lipinski definition) is 1. The summed E-state index contributed by atoms with van der Waals surface area (Å²) in [7, 11) is 0. The summed E-state index contributed by atoms with van der Waals surface area (Å²) < 4.78 is 18.2. The minimum absolute atomic E-state index is 0.155. The molecule has 5 nitrogen and oxygen atoms in total. The molecule has 98 valence electrons. The van der Waals surface area contributed by atoms with Gasteiger partial charge in [-0.05, 0) is 25.1 Å².